The van der Waals surface area contributed by atoms with E-state index in [1.807, 2.05) is 0 Å². The summed E-state index contributed by atoms with van der Waals surface area (Å²) in [6, 6.07) is 76.8. The van der Waals surface area contributed by atoms with E-state index in [0.717, 1.165) is 60.9 Å². The van der Waals surface area contributed by atoms with Gasteiger partial charge < -0.3 is 9.13 Å². The highest BCUT2D eigenvalue weighted by atomic mass is 15.0. The van der Waals surface area contributed by atoms with Crippen molar-refractivity contribution >= 4 is 65.2 Å². The Morgan fingerprint density at radius 3 is 1.33 bits per heavy atom. The van der Waals surface area contributed by atoms with Crippen LogP contribution in [-0.2, 0) is 5.41 Å². The van der Waals surface area contributed by atoms with Crippen LogP contribution in [0.5, 0.6) is 0 Å². The predicted molar refractivity (Wildman–Crippen MR) is 277 cm³/mol. The fourth-order valence-electron chi connectivity index (χ4n) is 11.0. The maximum absolute atomic E-state index is 5.41. The summed E-state index contributed by atoms with van der Waals surface area (Å²) in [7, 11) is 0. The highest BCUT2D eigenvalue weighted by Gasteiger charge is 2.36. The summed E-state index contributed by atoms with van der Waals surface area (Å²) in [5, 5.41) is 9.45. The van der Waals surface area contributed by atoms with Crippen LogP contribution in [0.4, 0.5) is 0 Å². The summed E-state index contributed by atoms with van der Waals surface area (Å²) in [6.45, 7) is 4.72. The normalized spacial score (nSPS) is 13.0. The van der Waals surface area contributed by atoms with Gasteiger partial charge in [-0.25, -0.2) is 15.0 Å². The Labute approximate surface area is 386 Å². The second-order valence-corrected chi connectivity index (χ2v) is 18.5. The smallest absolute Gasteiger partial charge is 0.164 e. The van der Waals surface area contributed by atoms with Gasteiger partial charge in [-0.1, -0.05) is 166 Å². The van der Waals surface area contributed by atoms with Crippen molar-refractivity contribution in [1.29, 1.82) is 0 Å². The molecule has 5 nitrogen and oxygen atoms in total. The molecular formula is C62H41N5. The molecule has 0 spiro atoms. The summed E-state index contributed by atoms with van der Waals surface area (Å²) in [4.78, 5) is 16.1. The van der Waals surface area contributed by atoms with Crippen LogP contribution >= 0.6 is 0 Å². The molecule has 0 fully saturated rings. The SMILES string of the molecule is CC1(C)c2ccccc2-c2cc3c4ccccc4n(-c4cc(-c5nc(-c6ccc7ccccc7c6)nc(-c6ccc7ccccc7c6)n5)cc(-n5c6ccccc6c6ccccc65)c4)c3cc21. The summed E-state index contributed by atoms with van der Waals surface area (Å²) in [5.41, 5.74) is 14.5. The quantitative estimate of drug-likeness (QED) is 0.173. The number of hydrogen-bond donors (Lipinski definition) is 0. The lowest BCUT2D eigenvalue weighted by Gasteiger charge is -2.22. The molecule has 0 atom stereocenters. The Bertz CT molecular complexity index is 4060. The largest absolute Gasteiger partial charge is 0.309 e. The van der Waals surface area contributed by atoms with Gasteiger partial charge in [0.1, 0.15) is 0 Å². The van der Waals surface area contributed by atoms with Gasteiger partial charge in [-0.3, -0.25) is 0 Å². The predicted octanol–water partition coefficient (Wildman–Crippen LogP) is 15.7. The number of benzene rings is 10. The Hall–Kier alpha value is -8.67. The minimum absolute atomic E-state index is 0.166. The van der Waals surface area contributed by atoms with Gasteiger partial charge in [-0.2, -0.15) is 0 Å². The fourth-order valence-corrected chi connectivity index (χ4v) is 11.0. The molecule has 0 saturated carbocycles. The van der Waals surface area contributed by atoms with Crippen LogP contribution in [0.1, 0.15) is 25.0 Å². The highest BCUT2D eigenvalue weighted by molar-refractivity contribution is 6.12. The number of aromatic nitrogens is 5. The van der Waals surface area contributed by atoms with E-state index >= 15 is 0 Å². The molecule has 10 aromatic carbocycles. The van der Waals surface area contributed by atoms with Crippen molar-refractivity contribution in [2.24, 2.45) is 0 Å². The van der Waals surface area contributed by atoms with Crippen LogP contribution < -0.4 is 0 Å². The first kappa shape index (κ1) is 37.7. The van der Waals surface area contributed by atoms with E-state index in [0.29, 0.717) is 17.5 Å². The Balaban J connectivity index is 1.08. The summed E-state index contributed by atoms with van der Waals surface area (Å²) in [5.74, 6) is 1.84. The number of para-hydroxylation sites is 3. The third-order valence-electron chi connectivity index (χ3n) is 14.3. The van der Waals surface area contributed by atoms with Crippen molar-refractivity contribution in [2.45, 2.75) is 19.3 Å². The topological polar surface area (TPSA) is 48.5 Å². The second kappa shape index (κ2) is 14.2. The average Bonchev–Trinajstić information content (AvgIpc) is 3.97. The maximum Gasteiger partial charge on any atom is 0.164 e. The number of rotatable bonds is 5. The van der Waals surface area contributed by atoms with Crippen LogP contribution in [0.15, 0.2) is 212 Å². The van der Waals surface area contributed by atoms with Crippen molar-refractivity contribution in [1.82, 2.24) is 24.1 Å². The molecule has 1 aliphatic rings. The van der Waals surface area contributed by atoms with Gasteiger partial charge in [0.25, 0.3) is 0 Å². The average molecular weight is 856 g/mol. The number of hydrogen-bond acceptors (Lipinski definition) is 3. The Kier molecular flexibility index (Phi) is 7.97. The van der Waals surface area contributed by atoms with E-state index in [1.165, 1.54) is 54.6 Å². The monoisotopic (exact) mass is 855 g/mol. The van der Waals surface area contributed by atoms with Crippen molar-refractivity contribution in [3.63, 3.8) is 0 Å². The third kappa shape index (κ3) is 5.71. The van der Waals surface area contributed by atoms with E-state index in [-0.39, 0.29) is 5.41 Å². The highest BCUT2D eigenvalue weighted by Crippen LogP contribution is 2.51. The molecule has 0 N–H and O–H groups in total. The van der Waals surface area contributed by atoms with E-state index < -0.39 is 0 Å². The van der Waals surface area contributed by atoms with E-state index in [1.54, 1.807) is 0 Å². The zero-order valence-corrected chi connectivity index (χ0v) is 36.9. The first-order valence-electron chi connectivity index (χ1n) is 23.0. The first-order valence-corrected chi connectivity index (χ1v) is 23.0. The summed E-state index contributed by atoms with van der Waals surface area (Å²) < 4.78 is 4.86. The van der Waals surface area contributed by atoms with Crippen LogP contribution in [0.3, 0.4) is 0 Å². The zero-order chi connectivity index (χ0) is 44.4. The van der Waals surface area contributed by atoms with Gasteiger partial charge in [0, 0.05) is 55.0 Å². The lowest BCUT2D eigenvalue weighted by atomic mass is 9.82. The summed E-state index contributed by atoms with van der Waals surface area (Å²) >= 11 is 0. The summed E-state index contributed by atoms with van der Waals surface area (Å²) in [6.07, 6.45) is 0. The van der Waals surface area contributed by atoms with Crippen LogP contribution in [0, 0.1) is 0 Å². The molecule has 5 heteroatoms. The van der Waals surface area contributed by atoms with E-state index in [9.17, 15) is 0 Å². The van der Waals surface area contributed by atoms with Gasteiger partial charge in [0.15, 0.2) is 17.5 Å². The molecule has 0 radical (unpaired) electrons. The molecule has 0 saturated heterocycles. The molecule has 314 valence electrons. The van der Waals surface area contributed by atoms with Gasteiger partial charge in [0.05, 0.1) is 22.1 Å². The Morgan fingerprint density at radius 2 is 0.761 bits per heavy atom. The number of nitrogens with zero attached hydrogens (tertiary/aromatic N) is 5. The van der Waals surface area contributed by atoms with Gasteiger partial charge in [-0.05, 0) is 104 Å². The lowest BCUT2D eigenvalue weighted by molar-refractivity contribution is 0.661. The lowest BCUT2D eigenvalue weighted by Crippen LogP contribution is -2.15. The standard InChI is InChI=1S/C62H41N5/c1-62(2)53-23-11-7-19-47(53)51-36-52-50-22-10-14-26-57(50)67(58(52)37-54(51)62)46-34-44(33-45(35-46)66-55-24-12-8-20-48(55)49-21-9-13-25-56(49)66)61-64-59(42-29-27-38-15-3-5-17-40(38)31-42)63-60(65-61)43-30-28-39-16-4-6-18-41(39)32-43/h3-37H,1-2H3. The first-order chi connectivity index (χ1) is 32.9. The van der Waals surface area contributed by atoms with Crippen molar-refractivity contribution in [3.05, 3.63) is 223 Å². The molecule has 67 heavy (non-hydrogen) atoms. The second-order valence-electron chi connectivity index (χ2n) is 18.5. The van der Waals surface area contributed by atoms with Gasteiger partial charge in [0.2, 0.25) is 0 Å². The molecule has 0 aliphatic heterocycles. The molecule has 13 aromatic rings. The molecular weight excluding hydrogens is 815 g/mol. The zero-order valence-electron chi connectivity index (χ0n) is 36.9. The maximum atomic E-state index is 5.41. The molecule has 3 aromatic heterocycles. The van der Waals surface area contributed by atoms with E-state index in [2.05, 4.69) is 235 Å². The molecule has 0 bridgehead atoms. The van der Waals surface area contributed by atoms with Gasteiger partial charge in [-0.15, -0.1) is 0 Å². The molecule has 0 unspecified atom stereocenters. The molecule has 1 aliphatic carbocycles. The van der Waals surface area contributed by atoms with Crippen molar-refractivity contribution in [3.8, 4) is 56.7 Å². The minimum atomic E-state index is -0.166. The fraction of sp³-hybridized carbons (Fsp3) is 0.0484. The van der Waals surface area contributed by atoms with Crippen molar-refractivity contribution in [2.75, 3.05) is 0 Å². The molecule has 0 amide bonds. The van der Waals surface area contributed by atoms with Crippen LogP contribution in [0.25, 0.3) is 122 Å². The molecule has 3 heterocycles. The number of fused-ring (bicyclic) bond motifs is 11. The van der Waals surface area contributed by atoms with Gasteiger partial charge >= 0.3 is 0 Å². The van der Waals surface area contributed by atoms with Crippen molar-refractivity contribution < 1.29 is 0 Å². The van der Waals surface area contributed by atoms with Crippen LogP contribution in [0.2, 0.25) is 0 Å². The third-order valence-corrected chi connectivity index (χ3v) is 14.3. The minimum Gasteiger partial charge on any atom is -0.309 e. The van der Waals surface area contributed by atoms with E-state index in [4.69, 9.17) is 15.0 Å². The van der Waals surface area contributed by atoms with Crippen LogP contribution in [-0.4, -0.2) is 24.1 Å². The molecule has 14 rings (SSSR count). The Morgan fingerprint density at radius 1 is 0.313 bits per heavy atom.